The number of rotatable bonds is 6. The summed E-state index contributed by atoms with van der Waals surface area (Å²) in [5, 5.41) is 24.7. The maximum Gasteiger partial charge on any atom is 0.354 e. The van der Waals surface area contributed by atoms with Crippen molar-refractivity contribution in [2.24, 2.45) is 0 Å². The van der Waals surface area contributed by atoms with Gasteiger partial charge in [-0.1, -0.05) is 55.5 Å². The molecule has 164 valence electrons. The normalized spacial score (nSPS) is 11.2. The summed E-state index contributed by atoms with van der Waals surface area (Å²) in [6, 6.07) is 20.1. The van der Waals surface area contributed by atoms with Gasteiger partial charge in [0, 0.05) is 23.2 Å². The number of benzene rings is 2. The van der Waals surface area contributed by atoms with Gasteiger partial charge in [-0.05, 0) is 58.2 Å². The molecule has 33 heavy (non-hydrogen) atoms. The van der Waals surface area contributed by atoms with E-state index in [9.17, 15) is 9.90 Å². The minimum atomic E-state index is -1.02. The van der Waals surface area contributed by atoms with Crippen molar-refractivity contribution in [2.75, 3.05) is 0 Å². The molecule has 8 nitrogen and oxygen atoms in total. The number of hydrogen-bond donors (Lipinski definition) is 2. The summed E-state index contributed by atoms with van der Waals surface area (Å²) in [5.74, 6) is -0.396. The zero-order valence-corrected chi connectivity index (χ0v) is 18.3. The summed E-state index contributed by atoms with van der Waals surface area (Å²) in [5.41, 5.74) is 6.93. The van der Waals surface area contributed by atoms with Gasteiger partial charge in [0.25, 0.3) is 0 Å². The van der Waals surface area contributed by atoms with Crippen molar-refractivity contribution in [1.29, 1.82) is 0 Å². The molecule has 0 radical (unpaired) electrons. The number of aromatic nitrogens is 6. The zero-order valence-electron chi connectivity index (χ0n) is 18.3. The number of fused-ring (bicyclic) bond motifs is 1. The van der Waals surface area contributed by atoms with E-state index in [0.29, 0.717) is 18.0 Å². The lowest BCUT2D eigenvalue weighted by Gasteiger charge is -2.12. The van der Waals surface area contributed by atoms with E-state index >= 15 is 0 Å². The Hall–Kier alpha value is -4.33. The highest BCUT2D eigenvalue weighted by atomic mass is 16.4. The highest BCUT2D eigenvalue weighted by Gasteiger charge is 2.16. The van der Waals surface area contributed by atoms with Crippen molar-refractivity contribution in [1.82, 2.24) is 30.2 Å². The molecule has 2 N–H and O–H groups in total. The van der Waals surface area contributed by atoms with Gasteiger partial charge in [0.1, 0.15) is 5.65 Å². The Morgan fingerprint density at radius 3 is 2.48 bits per heavy atom. The number of pyridine rings is 1. The van der Waals surface area contributed by atoms with E-state index in [2.05, 4.69) is 67.4 Å². The molecule has 0 aliphatic heterocycles. The summed E-state index contributed by atoms with van der Waals surface area (Å²) in [6.45, 7) is 4.63. The van der Waals surface area contributed by atoms with Crippen LogP contribution in [0.2, 0.25) is 0 Å². The Bertz CT molecular complexity index is 1450. The minimum absolute atomic E-state index is 0.0656. The Morgan fingerprint density at radius 1 is 1.06 bits per heavy atom. The third-order valence-corrected chi connectivity index (χ3v) is 5.87. The smallest absolute Gasteiger partial charge is 0.354 e. The van der Waals surface area contributed by atoms with Crippen molar-refractivity contribution >= 4 is 17.0 Å². The van der Waals surface area contributed by atoms with Crippen LogP contribution < -0.4 is 0 Å². The Morgan fingerprint density at radius 2 is 1.82 bits per heavy atom. The second-order valence-electron chi connectivity index (χ2n) is 7.93. The molecule has 8 heteroatoms. The molecule has 3 heterocycles. The number of nitrogens with zero attached hydrogens (tertiary/aromatic N) is 5. The molecule has 0 saturated heterocycles. The SMILES string of the molecule is CCc1cc2c(C)cc(C(=O)O)nc2n1Cc1ccc(-c2ccccc2-c2nnn[nH]2)cc1. The third kappa shape index (κ3) is 3.76. The first-order valence-electron chi connectivity index (χ1n) is 10.7. The van der Waals surface area contributed by atoms with Crippen molar-refractivity contribution in [3.8, 4) is 22.5 Å². The largest absolute Gasteiger partial charge is 0.477 e. The van der Waals surface area contributed by atoms with Gasteiger partial charge in [-0.15, -0.1) is 5.10 Å². The summed E-state index contributed by atoms with van der Waals surface area (Å²) in [6.07, 6.45) is 0.828. The second-order valence-corrected chi connectivity index (χ2v) is 7.93. The van der Waals surface area contributed by atoms with Gasteiger partial charge in [0.05, 0.1) is 0 Å². The standard InChI is InChI=1S/C25H22N6O2/c1-3-18-13-21-15(2)12-22(25(32)33)26-24(21)31(18)14-16-8-10-17(11-9-16)19-6-4-5-7-20(19)23-27-29-30-28-23/h4-13H,3,14H2,1-2H3,(H,32,33)(H,27,28,29,30). The number of aromatic carboxylic acids is 1. The number of carboxylic acids is 1. The molecular formula is C25H22N6O2. The summed E-state index contributed by atoms with van der Waals surface area (Å²) >= 11 is 0. The quantitative estimate of drug-likeness (QED) is 0.404. The van der Waals surface area contributed by atoms with Crippen LogP contribution in [0, 0.1) is 6.92 Å². The number of nitrogens with one attached hydrogen (secondary N) is 1. The minimum Gasteiger partial charge on any atom is -0.477 e. The summed E-state index contributed by atoms with van der Waals surface area (Å²) in [4.78, 5) is 16.0. The van der Waals surface area contributed by atoms with Gasteiger partial charge in [0.2, 0.25) is 0 Å². The predicted molar refractivity (Wildman–Crippen MR) is 125 cm³/mol. The van der Waals surface area contributed by atoms with Crippen LogP contribution in [0.1, 0.15) is 34.2 Å². The van der Waals surface area contributed by atoms with Crippen LogP contribution in [-0.4, -0.2) is 41.3 Å². The second kappa shape index (κ2) is 8.31. The Balaban J connectivity index is 1.52. The van der Waals surface area contributed by atoms with E-state index in [1.54, 1.807) is 6.07 Å². The molecule has 0 saturated carbocycles. The van der Waals surface area contributed by atoms with Crippen LogP contribution >= 0.6 is 0 Å². The summed E-state index contributed by atoms with van der Waals surface area (Å²) < 4.78 is 2.11. The highest BCUT2D eigenvalue weighted by molar-refractivity contribution is 5.91. The van der Waals surface area contributed by atoms with E-state index in [0.717, 1.165) is 45.3 Å². The molecule has 5 rings (SSSR count). The Kier molecular flexibility index (Phi) is 5.18. The molecule has 0 fully saturated rings. The van der Waals surface area contributed by atoms with E-state index < -0.39 is 5.97 Å². The van der Waals surface area contributed by atoms with Gasteiger partial charge >= 0.3 is 5.97 Å². The number of H-pyrrole nitrogens is 1. The first-order chi connectivity index (χ1) is 16.0. The van der Waals surface area contributed by atoms with Crippen molar-refractivity contribution < 1.29 is 9.90 Å². The molecular weight excluding hydrogens is 416 g/mol. The van der Waals surface area contributed by atoms with Gasteiger partial charge < -0.3 is 9.67 Å². The highest BCUT2D eigenvalue weighted by Crippen LogP contribution is 2.30. The lowest BCUT2D eigenvalue weighted by Crippen LogP contribution is -2.07. The molecule has 2 aromatic carbocycles. The monoisotopic (exact) mass is 438 g/mol. The topological polar surface area (TPSA) is 110 Å². The molecule has 0 bridgehead atoms. The first kappa shape index (κ1) is 20.6. The van der Waals surface area contributed by atoms with E-state index in [4.69, 9.17) is 0 Å². The van der Waals surface area contributed by atoms with Gasteiger partial charge in [-0.3, -0.25) is 0 Å². The predicted octanol–water partition coefficient (Wildman–Crippen LogP) is 4.50. The number of aromatic amines is 1. The molecule has 0 spiro atoms. The first-order valence-corrected chi connectivity index (χ1v) is 10.7. The molecule has 0 aliphatic rings. The fourth-order valence-corrected chi connectivity index (χ4v) is 4.20. The number of aryl methyl sites for hydroxylation is 2. The van der Waals surface area contributed by atoms with Crippen LogP contribution in [0.3, 0.4) is 0 Å². The van der Waals surface area contributed by atoms with Gasteiger partial charge in [0.15, 0.2) is 11.5 Å². The lowest BCUT2D eigenvalue weighted by molar-refractivity contribution is 0.0690. The molecule has 5 aromatic rings. The zero-order chi connectivity index (χ0) is 22.9. The maximum atomic E-state index is 11.5. The number of carboxylic acid groups (broad SMARTS) is 1. The number of carbonyl (C=O) groups is 1. The maximum absolute atomic E-state index is 11.5. The lowest BCUT2D eigenvalue weighted by atomic mass is 9.98. The fourth-order valence-electron chi connectivity index (χ4n) is 4.20. The molecule has 0 aliphatic carbocycles. The fraction of sp³-hybridized carbons (Fsp3) is 0.160. The molecule has 0 unspecified atom stereocenters. The van der Waals surface area contributed by atoms with Gasteiger partial charge in [-0.25, -0.2) is 14.9 Å². The summed E-state index contributed by atoms with van der Waals surface area (Å²) in [7, 11) is 0. The number of hydrogen-bond acceptors (Lipinski definition) is 5. The Labute approximate surface area is 189 Å². The van der Waals surface area contributed by atoms with Crippen LogP contribution in [0.15, 0.2) is 60.7 Å². The van der Waals surface area contributed by atoms with Crippen LogP contribution in [0.4, 0.5) is 0 Å². The van der Waals surface area contributed by atoms with Crippen molar-refractivity contribution in [3.05, 3.63) is 83.2 Å². The molecule has 3 aromatic heterocycles. The van der Waals surface area contributed by atoms with Gasteiger partial charge in [-0.2, -0.15) is 0 Å². The van der Waals surface area contributed by atoms with Crippen LogP contribution in [0.5, 0.6) is 0 Å². The third-order valence-electron chi connectivity index (χ3n) is 5.87. The average Bonchev–Trinajstić information content (AvgIpc) is 3.48. The average molecular weight is 438 g/mol. The molecule has 0 amide bonds. The van der Waals surface area contributed by atoms with Crippen LogP contribution in [-0.2, 0) is 13.0 Å². The van der Waals surface area contributed by atoms with Crippen LogP contribution in [0.25, 0.3) is 33.5 Å². The van der Waals surface area contributed by atoms with Crippen molar-refractivity contribution in [2.45, 2.75) is 26.8 Å². The molecule has 0 atom stereocenters. The number of tetrazole rings is 1. The van der Waals surface area contributed by atoms with E-state index in [1.165, 1.54) is 0 Å². The van der Waals surface area contributed by atoms with E-state index in [-0.39, 0.29) is 5.69 Å². The van der Waals surface area contributed by atoms with E-state index in [1.807, 2.05) is 31.2 Å². The van der Waals surface area contributed by atoms with Crippen molar-refractivity contribution in [3.63, 3.8) is 0 Å².